The fraction of sp³-hybridized carbons (Fsp3) is 0.533. The molecule has 1 fully saturated rings. The third kappa shape index (κ3) is 2.04. The molecule has 0 radical (unpaired) electrons. The van der Waals surface area contributed by atoms with Crippen molar-refractivity contribution in [3.8, 4) is 0 Å². The first-order chi connectivity index (χ1) is 9.17. The maximum Gasteiger partial charge on any atom is 0.331 e. The van der Waals surface area contributed by atoms with E-state index in [-0.39, 0.29) is 11.8 Å². The Morgan fingerprint density at radius 3 is 3.00 bits per heavy atom. The van der Waals surface area contributed by atoms with Crippen LogP contribution in [0.4, 0.5) is 4.39 Å². The monoisotopic (exact) mass is 263 g/mol. The topological polar surface area (TPSA) is 38.3 Å². The summed E-state index contributed by atoms with van der Waals surface area (Å²) < 4.78 is 19.1. The number of halogens is 1. The Morgan fingerprint density at radius 1 is 1.53 bits per heavy atom. The Kier molecular flexibility index (Phi) is 3.05. The zero-order chi connectivity index (χ0) is 13.5. The number of hydrogen-bond acceptors (Lipinski definition) is 3. The van der Waals surface area contributed by atoms with E-state index in [9.17, 15) is 9.18 Å². The van der Waals surface area contributed by atoms with Crippen molar-refractivity contribution in [2.45, 2.75) is 44.2 Å². The van der Waals surface area contributed by atoms with E-state index in [1.54, 1.807) is 13.0 Å². The first-order valence-electron chi connectivity index (χ1n) is 6.90. The number of fused-ring (bicyclic) bond motifs is 1. The molecule has 1 atom stereocenters. The van der Waals surface area contributed by atoms with Crippen LogP contribution in [-0.2, 0) is 21.5 Å². The first-order valence-corrected chi connectivity index (χ1v) is 6.90. The van der Waals surface area contributed by atoms with E-state index < -0.39 is 5.54 Å². The van der Waals surface area contributed by atoms with Crippen LogP contribution in [0.3, 0.4) is 0 Å². The molecule has 4 heteroatoms. The van der Waals surface area contributed by atoms with Gasteiger partial charge in [0.05, 0.1) is 6.61 Å². The largest absolute Gasteiger partial charge is 0.464 e. The number of benzene rings is 1. The normalized spacial score (nSPS) is 25.2. The molecule has 0 aromatic heterocycles. The van der Waals surface area contributed by atoms with Gasteiger partial charge in [0.1, 0.15) is 11.4 Å². The van der Waals surface area contributed by atoms with Crippen LogP contribution in [0.15, 0.2) is 18.2 Å². The van der Waals surface area contributed by atoms with Crippen molar-refractivity contribution in [1.29, 1.82) is 0 Å². The van der Waals surface area contributed by atoms with Gasteiger partial charge < -0.3 is 4.74 Å². The summed E-state index contributed by atoms with van der Waals surface area (Å²) >= 11 is 0. The lowest BCUT2D eigenvalue weighted by Gasteiger charge is -2.29. The minimum atomic E-state index is -0.839. The van der Waals surface area contributed by atoms with E-state index >= 15 is 0 Å². The van der Waals surface area contributed by atoms with Gasteiger partial charge in [0, 0.05) is 6.04 Å². The Bertz CT molecular complexity index is 513. The molecule has 1 saturated carbocycles. The molecule has 102 valence electrons. The van der Waals surface area contributed by atoms with E-state index in [1.807, 2.05) is 6.07 Å². The van der Waals surface area contributed by atoms with E-state index in [0.29, 0.717) is 31.1 Å². The van der Waals surface area contributed by atoms with Gasteiger partial charge in [-0.1, -0.05) is 12.1 Å². The molecular weight excluding hydrogens is 245 g/mol. The first kappa shape index (κ1) is 12.6. The number of ether oxygens (including phenoxy) is 1. The Hall–Kier alpha value is -1.42. The van der Waals surface area contributed by atoms with E-state index in [4.69, 9.17) is 4.74 Å². The quantitative estimate of drug-likeness (QED) is 0.847. The van der Waals surface area contributed by atoms with Crippen molar-refractivity contribution in [2.75, 3.05) is 6.61 Å². The second-order valence-electron chi connectivity index (χ2n) is 5.31. The predicted octanol–water partition coefficient (Wildman–Crippen LogP) is 2.28. The molecule has 0 spiro atoms. The smallest absolute Gasteiger partial charge is 0.331 e. The highest BCUT2D eigenvalue weighted by Gasteiger charge is 2.49. The highest BCUT2D eigenvalue weighted by atomic mass is 19.1. The van der Waals surface area contributed by atoms with Crippen LogP contribution in [0, 0.1) is 5.82 Å². The zero-order valence-electron chi connectivity index (χ0n) is 11.0. The van der Waals surface area contributed by atoms with Gasteiger partial charge in [0.2, 0.25) is 0 Å². The van der Waals surface area contributed by atoms with Gasteiger partial charge in [-0.2, -0.15) is 0 Å². The van der Waals surface area contributed by atoms with Crippen molar-refractivity contribution < 1.29 is 13.9 Å². The van der Waals surface area contributed by atoms with Gasteiger partial charge >= 0.3 is 5.97 Å². The van der Waals surface area contributed by atoms with E-state index in [0.717, 1.165) is 18.4 Å². The van der Waals surface area contributed by atoms with Crippen LogP contribution >= 0.6 is 0 Å². The second-order valence-corrected chi connectivity index (χ2v) is 5.31. The molecule has 1 aromatic carbocycles. The number of carbonyl (C=O) groups is 1. The summed E-state index contributed by atoms with van der Waals surface area (Å²) in [6.45, 7) is 2.14. The van der Waals surface area contributed by atoms with E-state index in [2.05, 4.69) is 5.32 Å². The molecule has 0 aliphatic heterocycles. The standard InChI is InChI=1S/C15H18FNO2/c1-2-19-14(18)15(17-10-6-7-10)9-8-11-12(15)4-3-5-13(11)16/h3-5,10,17H,2,6-9H2,1H3. The van der Waals surface area contributed by atoms with E-state index in [1.165, 1.54) is 6.07 Å². The van der Waals surface area contributed by atoms with Crippen molar-refractivity contribution >= 4 is 5.97 Å². The maximum absolute atomic E-state index is 13.9. The molecule has 3 nitrogen and oxygen atoms in total. The van der Waals surface area contributed by atoms with Gasteiger partial charge in [-0.25, -0.2) is 9.18 Å². The molecule has 0 saturated heterocycles. The highest BCUT2D eigenvalue weighted by Crippen LogP contribution is 2.41. The number of nitrogens with one attached hydrogen (secondary N) is 1. The van der Waals surface area contributed by atoms with Crippen LogP contribution in [0.1, 0.15) is 37.3 Å². The summed E-state index contributed by atoms with van der Waals surface area (Å²) in [5.74, 6) is -0.493. The average molecular weight is 263 g/mol. The summed E-state index contributed by atoms with van der Waals surface area (Å²) in [4.78, 5) is 12.4. The van der Waals surface area contributed by atoms with Gasteiger partial charge in [0.25, 0.3) is 0 Å². The summed E-state index contributed by atoms with van der Waals surface area (Å²) in [6.07, 6.45) is 3.32. The van der Waals surface area contributed by atoms with Crippen molar-refractivity contribution in [3.63, 3.8) is 0 Å². The number of esters is 1. The molecule has 1 unspecified atom stereocenters. The Balaban J connectivity index is 2.02. The molecule has 19 heavy (non-hydrogen) atoms. The molecule has 0 amide bonds. The number of hydrogen-bond donors (Lipinski definition) is 1. The summed E-state index contributed by atoms with van der Waals surface area (Å²) in [5, 5.41) is 3.39. The fourth-order valence-corrected chi connectivity index (χ4v) is 2.91. The van der Waals surface area contributed by atoms with Crippen molar-refractivity contribution in [3.05, 3.63) is 35.1 Å². The second kappa shape index (κ2) is 4.60. The summed E-state index contributed by atoms with van der Waals surface area (Å²) in [6, 6.07) is 5.33. The molecule has 0 heterocycles. The minimum Gasteiger partial charge on any atom is -0.464 e. The average Bonchev–Trinajstić information content (AvgIpc) is 3.11. The predicted molar refractivity (Wildman–Crippen MR) is 69.2 cm³/mol. The molecule has 1 N–H and O–H groups in total. The maximum atomic E-state index is 13.9. The Labute approximate surface area is 112 Å². The Morgan fingerprint density at radius 2 is 2.32 bits per heavy atom. The van der Waals surface area contributed by atoms with Gasteiger partial charge in [-0.15, -0.1) is 0 Å². The van der Waals surface area contributed by atoms with Crippen LogP contribution < -0.4 is 5.32 Å². The third-order valence-electron chi connectivity index (χ3n) is 3.98. The lowest BCUT2D eigenvalue weighted by molar-refractivity contribution is -0.151. The van der Waals surface area contributed by atoms with Crippen LogP contribution in [0.5, 0.6) is 0 Å². The molecule has 0 bridgehead atoms. The van der Waals surface area contributed by atoms with Gasteiger partial charge in [0.15, 0.2) is 0 Å². The SMILES string of the molecule is CCOC(=O)C1(NC2CC2)CCc2c(F)cccc21. The van der Waals surface area contributed by atoms with Gasteiger partial charge in [-0.3, -0.25) is 5.32 Å². The molecule has 1 aromatic rings. The zero-order valence-corrected chi connectivity index (χ0v) is 11.0. The fourth-order valence-electron chi connectivity index (χ4n) is 2.91. The summed E-state index contributed by atoms with van der Waals surface area (Å²) in [7, 11) is 0. The lowest BCUT2D eigenvalue weighted by atomic mass is 9.91. The van der Waals surface area contributed by atoms with Crippen LogP contribution in [-0.4, -0.2) is 18.6 Å². The number of rotatable bonds is 4. The van der Waals surface area contributed by atoms with Crippen molar-refractivity contribution in [1.82, 2.24) is 5.32 Å². The highest BCUT2D eigenvalue weighted by molar-refractivity contribution is 5.84. The van der Waals surface area contributed by atoms with Crippen LogP contribution in [0.25, 0.3) is 0 Å². The minimum absolute atomic E-state index is 0.221. The molecular formula is C15H18FNO2. The molecule has 2 aliphatic rings. The molecule has 3 rings (SSSR count). The van der Waals surface area contributed by atoms with Crippen LogP contribution in [0.2, 0.25) is 0 Å². The van der Waals surface area contributed by atoms with Crippen molar-refractivity contribution in [2.24, 2.45) is 0 Å². The number of carbonyl (C=O) groups excluding carboxylic acids is 1. The summed E-state index contributed by atoms with van der Waals surface area (Å²) in [5.41, 5.74) is 0.579. The lowest BCUT2D eigenvalue weighted by Crippen LogP contribution is -2.49. The van der Waals surface area contributed by atoms with Gasteiger partial charge in [-0.05, 0) is 49.8 Å². The molecule has 2 aliphatic carbocycles. The third-order valence-corrected chi connectivity index (χ3v) is 3.98.